The molecule has 4 rings (SSSR count). The molecular formula is C23H34N2O4S. The molecule has 2 bridgehead atoms. The van der Waals surface area contributed by atoms with E-state index in [1.165, 1.54) is 16.8 Å². The van der Waals surface area contributed by atoms with Crippen LogP contribution in [0.25, 0.3) is 0 Å². The summed E-state index contributed by atoms with van der Waals surface area (Å²) in [6.07, 6.45) is 3.03. The Morgan fingerprint density at radius 1 is 1.17 bits per heavy atom. The molecule has 5 atom stereocenters. The molecule has 2 saturated carbocycles. The van der Waals surface area contributed by atoms with Crippen molar-refractivity contribution in [2.75, 3.05) is 13.1 Å². The van der Waals surface area contributed by atoms with Gasteiger partial charge in [0.15, 0.2) is 0 Å². The number of amides is 1. The van der Waals surface area contributed by atoms with Crippen molar-refractivity contribution < 1.29 is 17.9 Å². The Balaban J connectivity index is 1.53. The maximum absolute atomic E-state index is 13.2. The second-order valence-electron chi connectivity index (χ2n) is 10.2. The number of nitrogens with zero attached hydrogens (tertiary/aromatic N) is 1. The maximum Gasteiger partial charge on any atom is 0.251 e. The fourth-order valence-electron chi connectivity index (χ4n) is 5.94. The van der Waals surface area contributed by atoms with Gasteiger partial charge in [0.2, 0.25) is 10.0 Å². The lowest BCUT2D eigenvalue weighted by atomic mass is 9.69. The molecule has 1 saturated heterocycles. The molecule has 5 unspecified atom stereocenters. The molecule has 0 aromatic heterocycles. The van der Waals surface area contributed by atoms with E-state index >= 15 is 0 Å². The van der Waals surface area contributed by atoms with Crippen molar-refractivity contribution in [3.63, 3.8) is 0 Å². The number of ether oxygens (including phenoxy) is 1. The van der Waals surface area contributed by atoms with Crippen LogP contribution < -0.4 is 5.32 Å². The van der Waals surface area contributed by atoms with Crippen LogP contribution in [0.1, 0.15) is 64.2 Å². The predicted octanol–water partition coefficient (Wildman–Crippen LogP) is 3.43. The summed E-state index contributed by atoms with van der Waals surface area (Å²) in [6, 6.07) is 6.55. The molecule has 1 aromatic rings. The van der Waals surface area contributed by atoms with Crippen LogP contribution in [0, 0.1) is 16.7 Å². The van der Waals surface area contributed by atoms with Gasteiger partial charge < -0.3 is 10.1 Å². The van der Waals surface area contributed by atoms with Crippen molar-refractivity contribution in [1.29, 1.82) is 0 Å². The zero-order valence-electron chi connectivity index (χ0n) is 18.6. The quantitative estimate of drug-likeness (QED) is 0.788. The van der Waals surface area contributed by atoms with Gasteiger partial charge in [-0.3, -0.25) is 4.79 Å². The van der Waals surface area contributed by atoms with E-state index in [1.807, 2.05) is 13.8 Å². The number of sulfonamides is 1. The average molecular weight is 435 g/mol. The number of fused-ring (bicyclic) bond motifs is 2. The molecule has 166 valence electrons. The van der Waals surface area contributed by atoms with Crippen LogP contribution in [0.2, 0.25) is 0 Å². The van der Waals surface area contributed by atoms with Crippen molar-refractivity contribution in [3.05, 3.63) is 29.8 Å². The van der Waals surface area contributed by atoms with Gasteiger partial charge in [-0.15, -0.1) is 0 Å². The number of morpholine rings is 1. The molecule has 7 heteroatoms. The first-order chi connectivity index (χ1) is 13.9. The molecule has 3 aliphatic rings. The molecule has 0 radical (unpaired) electrons. The number of carbonyl (C=O) groups is 1. The van der Waals surface area contributed by atoms with Gasteiger partial charge in [0.25, 0.3) is 5.91 Å². The minimum atomic E-state index is -3.68. The lowest BCUT2D eigenvalue weighted by Crippen LogP contribution is -2.48. The van der Waals surface area contributed by atoms with Crippen molar-refractivity contribution in [2.24, 2.45) is 16.7 Å². The van der Waals surface area contributed by atoms with E-state index < -0.39 is 10.0 Å². The lowest BCUT2D eigenvalue weighted by molar-refractivity contribution is -0.0440. The number of rotatable bonds is 4. The molecule has 1 aliphatic heterocycles. The van der Waals surface area contributed by atoms with Crippen LogP contribution in [0.15, 0.2) is 29.2 Å². The minimum absolute atomic E-state index is 0.0804. The van der Waals surface area contributed by atoms with Gasteiger partial charge in [-0.05, 0) is 68.1 Å². The number of carbonyl (C=O) groups excluding carboxylic acids is 1. The Hall–Kier alpha value is -1.44. The topological polar surface area (TPSA) is 75.7 Å². The van der Waals surface area contributed by atoms with Crippen molar-refractivity contribution in [3.8, 4) is 0 Å². The molecule has 1 N–H and O–H groups in total. The number of benzene rings is 1. The Kier molecular flexibility index (Phi) is 5.31. The summed E-state index contributed by atoms with van der Waals surface area (Å²) < 4.78 is 33.5. The first kappa shape index (κ1) is 21.8. The van der Waals surface area contributed by atoms with Gasteiger partial charge in [-0.1, -0.05) is 26.8 Å². The first-order valence-corrected chi connectivity index (χ1v) is 12.5. The van der Waals surface area contributed by atoms with Crippen LogP contribution in [-0.4, -0.2) is 50.0 Å². The summed E-state index contributed by atoms with van der Waals surface area (Å²) in [5.41, 5.74) is 0.686. The standard InChI is InChI=1S/C23H34N2O4S/c1-15-13-25(14-16(2)29-15)30(27,28)19-8-6-7-17(11-19)21(26)24-20-12-18-9-10-23(20,5)22(18,3)4/h6-8,11,15-16,18,20H,9-10,12-14H2,1-5H3,(H,24,26). The third-order valence-electron chi connectivity index (χ3n) is 8.22. The predicted molar refractivity (Wildman–Crippen MR) is 116 cm³/mol. The fourth-order valence-corrected chi connectivity index (χ4v) is 7.57. The Labute approximate surface area is 180 Å². The van der Waals surface area contributed by atoms with E-state index in [4.69, 9.17) is 4.74 Å². The van der Waals surface area contributed by atoms with Crippen LogP contribution in [0.3, 0.4) is 0 Å². The summed E-state index contributed by atoms with van der Waals surface area (Å²) in [4.78, 5) is 13.2. The van der Waals surface area contributed by atoms with Crippen LogP contribution in [-0.2, 0) is 14.8 Å². The number of hydrogen-bond acceptors (Lipinski definition) is 4. The van der Waals surface area contributed by atoms with E-state index in [-0.39, 0.29) is 39.9 Å². The number of nitrogens with one attached hydrogen (secondary N) is 1. The fraction of sp³-hybridized carbons (Fsp3) is 0.696. The van der Waals surface area contributed by atoms with Gasteiger partial charge >= 0.3 is 0 Å². The smallest absolute Gasteiger partial charge is 0.251 e. The highest BCUT2D eigenvalue weighted by molar-refractivity contribution is 7.89. The molecule has 1 amide bonds. The molecule has 0 spiro atoms. The van der Waals surface area contributed by atoms with Gasteiger partial charge in [0.05, 0.1) is 17.1 Å². The molecule has 30 heavy (non-hydrogen) atoms. The monoisotopic (exact) mass is 434 g/mol. The summed E-state index contributed by atoms with van der Waals surface area (Å²) in [5, 5.41) is 3.23. The first-order valence-electron chi connectivity index (χ1n) is 11.0. The highest BCUT2D eigenvalue weighted by Gasteiger charge is 2.61. The van der Waals surface area contributed by atoms with E-state index in [0.29, 0.717) is 24.6 Å². The summed E-state index contributed by atoms with van der Waals surface area (Å²) in [7, 11) is -3.68. The summed E-state index contributed by atoms with van der Waals surface area (Å²) in [5.74, 6) is 0.440. The zero-order valence-corrected chi connectivity index (χ0v) is 19.5. The molecule has 1 heterocycles. The van der Waals surface area contributed by atoms with Gasteiger partial charge in [0.1, 0.15) is 0 Å². The molecule has 3 fully saturated rings. The minimum Gasteiger partial charge on any atom is -0.373 e. The zero-order chi connectivity index (χ0) is 21.9. The lowest BCUT2D eigenvalue weighted by Gasteiger charge is -2.39. The second kappa shape index (κ2) is 7.31. The van der Waals surface area contributed by atoms with Gasteiger partial charge in [-0.2, -0.15) is 4.31 Å². The van der Waals surface area contributed by atoms with Crippen molar-refractivity contribution in [2.45, 2.75) is 77.0 Å². The largest absolute Gasteiger partial charge is 0.373 e. The average Bonchev–Trinajstić information content (AvgIpc) is 3.01. The maximum atomic E-state index is 13.2. The number of hydrogen-bond donors (Lipinski definition) is 1. The van der Waals surface area contributed by atoms with Crippen molar-refractivity contribution >= 4 is 15.9 Å². The normalized spacial score (nSPS) is 36.0. The van der Waals surface area contributed by atoms with Crippen LogP contribution >= 0.6 is 0 Å². The second-order valence-corrected chi connectivity index (χ2v) is 12.2. The Morgan fingerprint density at radius 3 is 2.40 bits per heavy atom. The Bertz CT molecular complexity index is 934. The van der Waals surface area contributed by atoms with Crippen LogP contribution in [0.4, 0.5) is 0 Å². The Morgan fingerprint density at radius 2 is 1.83 bits per heavy atom. The summed E-state index contributed by atoms with van der Waals surface area (Å²) in [6.45, 7) is 11.3. The van der Waals surface area contributed by atoms with E-state index in [0.717, 1.165) is 12.8 Å². The third kappa shape index (κ3) is 3.39. The highest BCUT2D eigenvalue weighted by atomic mass is 32.2. The van der Waals surface area contributed by atoms with Gasteiger partial charge in [0, 0.05) is 24.7 Å². The molecule has 1 aromatic carbocycles. The van der Waals surface area contributed by atoms with E-state index in [2.05, 4.69) is 26.1 Å². The van der Waals surface area contributed by atoms with Crippen molar-refractivity contribution in [1.82, 2.24) is 9.62 Å². The van der Waals surface area contributed by atoms with Gasteiger partial charge in [-0.25, -0.2) is 8.42 Å². The summed E-state index contributed by atoms with van der Waals surface area (Å²) >= 11 is 0. The molecular weight excluding hydrogens is 400 g/mol. The van der Waals surface area contributed by atoms with Crippen LogP contribution in [0.5, 0.6) is 0 Å². The van der Waals surface area contributed by atoms with E-state index in [9.17, 15) is 13.2 Å². The highest BCUT2D eigenvalue weighted by Crippen LogP contribution is 2.65. The molecule has 2 aliphatic carbocycles. The SMILES string of the molecule is CC1CN(S(=O)(=O)c2cccc(C(=O)NC3CC4CCC3(C)C4(C)C)c2)CC(C)O1. The molecule has 6 nitrogen and oxygen atoms in total. The third-order valence-corrected chi connectivity index (χ3v) is 10.0. The van der Waals surface area contributed by atoms with E-state index in [1.54, 1.807) is 18.2 Å².